The molecule has 3 rings (SSSR count). The number of rotatable bonds is 7. The lowest BCUT2D eigenvalue weighted by Crippen LogP contribution is -2.13. The summed E-state index contributed by atoms with van der Waals surface area (Å²) in [5.74, 6) is 0.241. The first kappa shape index (κ1) is 17.4. The highest BCUT2D eigenvalue weighted by Gasteiger charge is 2.08. The first-order chi connectivity index (χ1) is 12.2. The summed E-state index contributed by atoms with van der Waals surface area (Å²) < 4.78 is 0.760. The molecule has 0 aliphatic rings. The normalized spacial score (nSPS) is 10.4. The fraction of sp³-hybridized carbons (Fsp3) is 0.167. The van der Waals surface area contributed by atoms with Gasteiger partial charge in [-0.1, -0.05) is 60.4 Å². The fourth-order valence-electron chi connectivity index (χ4n) is 2.11. The molecule has 128 valence electrons. The summed E-state index contributed by atoms with van der Waals surface area (Å²) in [5, 5.41) is 15.0. The van der Waals surface area contributed by atoms with Crippen LogP contribution in [0.5, 0.6) is 0 Å². The van der Waals surface area contributed by atoms with Gasteiger partial charge in [-0.15, -0.1) is 10.2 Å². The van der Waals surface area contributed by atoms with Crippen LogP contribution in [0.3, 0.4) is 0 Å². The first-order valence-corrected chi connectivity index (χ1v) is 9.70. The molecule has 0 aliphatic heterocycles. The molecule has 0 spiro atoms. The van der Waals surface area contributed by atoms with E-state index in [1.54, 1.807) is 0 Å². The third-order valence-corrected chi connectivity index (χ3v) is 5.38. The van der Waals surface area contributed by atoms with E-state index in [9.17, 15) is 4.79 Å². The van der Waals surface area contributed by atoms with Crippen LogP contribution in [0, 0.1) is 0 Å². The van der Waals surface area contributed by atoms with Crippen molar-refractivity contribution >= 4 is 45.5 Å². The maximum atomic E-state index is 12.0. The Morgan fingerprint density at radius 3 is 2.52 bits per heavy atom. The van der Waals surface area contributed by atoms with Crippen LogP contribution < -0.4 is 10.6 Å². The van der Waals surface area contributed by atoms with Gasteiger partial charge in [0.25, 0.3) is 0 Å². The van der Waals surface area contributed by atoms with Crippen molar-refractivity contribution in [1.29, 1.82) is 0 Å². The molecule has 0 unspecified atom stereocenters. The second-order valence-corrected chi connectivity index (χ2v) is 7.45. The predicted octanol–water partition coefficient (Wildman–Crippen LogP) is 4.57. The van der Waals surface area contributed by atoms with Crippen molar-refractivity contribution in [2.45, 2.75) is 17.7 Å². The van der Waals surface area contributed by atoms with Crippen LogP contribution >= 0.6 is 23.1 Å². The summed E-state index contributed by atoms with van der Waals surface area (Å²) in [7, 11) is 0. The summed E-state index contributed by atoms with van der Waals surface area (Å²) in [6, 6.07) is 17.6. The number of nitrogens with one attached hydrogen (secondary N) is 2. The van der Waals surface area contributed by atoms with Gasteiger partial charge in [-0.2, -0.15) is 0 Å². The van der Waals surface area contributed by atoms with E-state index in [0.29, 0.717) is 5.75 Å². The van der Waals surface area contributed by atoms with Crippen LogP contribution in [-0.2, 0) is 11.2 Å². The number of para-hydroxylation sites is 1. The van der Waals surface area contributed by atoms with Crippen molar-refractivity contribution in [1.82, 2.24) is 10.2 Å². The van der Waals surface area contributed by atoms with Gasteiger partial charge in [-0.05, 0) is 36.2 Å². The minimum absolute atomic E-state index is 0.0592. The van der Waals surface area contributed by atoms with E-state index in [-0.39, 0.29) is 5.91 Å². The second-order valence-electron chi connectivity index (χ2n) is 5.25. The van der Waals surface area contributed by atoms with E-state index in [2.05, 4.69) is 39.9 Å². The summed E-state index contributed by atoms with van der Waals surface area (Å²) in [6.07, 6.45) is 1.02. The number of hydrogen-bond acceptors (Lipinski definition) is 6. The quantitative estimate of drug-likeness (QED) is 0.596. The van der Waals surface area contributed by atoms with Gasteiger partial charge in [0.1, 0.15) is 0 Å². The summed E-state index contributed by atoms with van der Waals surface area (Å²) in [5.41, 5.74) is 3.07. The molecular formula is C18H18N4OS2. The number of carbonyl (C=O) groups is 1. The summed E-state index contributed by atoms with van der Waals surface area (Å²) >= 11 is 2.81. The van der Waals surface area contributed by atoms with Crippen molar-refractivity contribution < 1.29 is 4.79 Å². The Kier molecular flexibility index (Phi) is 6.03. The van der Waals surface area contributed by atoms with Crippen molar-refractivity contribution in [3.05, 3.63) is 60.2 Å². The molecule has 2 aromatic carbocycles. The van der Waals surface area contributed by atoms with Crippen molar-refractivity contribution in [2.75, 3.05) is 16.4 Å². The molecule has 0 aliphatic carbocycles. The van der Waals surface area contributed by atoms with Crippen LogP contribution in [0.2, 0.25) is 0 Å². The van der Waals surface area contributed by atoms with E-state index < -0.39 is 0 Å². The predicted molar refractivity (Wildman–Crippen MR) is 105 cm³/mol. The lowest BCUT2D eigenvalue weighted by atomic mass is 10.1. The molecule has 0 radical (unpaired) electrons. The minimum Gasteiger partial charge on any atom is -0.330 e. The number of nitrogens with zero attached hydrogens (tertiary/aromatic N) is 2. The summed E-state index contributed by atoms with van der Waals surface area (Å²) in [4.78, 5) is 12.0. The number of anilines is 3. The molecule has 0 saturated heterocycles. The molecular weight excluding hydrogens is 352 g/mol. The Balaban J connectivity index is 1.50. The molecule has 0 atom stereocenters. The molecule has 1 heterocycles. The van der Waals surface area contributed by atoms with Crippen LogP contribution in [-0.4, -0.2) is 21.9 Å². The Bertz CT molecular complexity index is 819. The molecule has 2 N–H and O–H groups in total. The maximum absolute atomic E-state index is 12.0. The molecule has 1 aromatic heterocycles. The Morgan fingerprint density at radius 1 is 1.04 bits per heavy atom. The Labute approximate surface area is 154 Å². The second kappa shape index (κ2) is 8.64. The van der Waals surface area contributed by atoms with Gasteiger partial charge in [-0.3, -0.25) is 4.79 Å². The van der Waals surface area contributed by atoms with Crippen LogP contribution in [0.1, 0.15) is 12.5 Å². The monoisotopic (exact) mass is 370 g/mol. The molecule has 0 bridgehead atoms. The van der Waals surface area contributed by atoms with E-state index >= 15 is 0 Å². The zero-order chi connectivity index (χ0) is 17.5. The van der Waals surface area contributed by atoms with Gasteiger partial charge in [0, 0.05) is 11.4 Å². The number of aromatic nitrogens is 2. The van der Waals surface area contributed by atoms with Gasteiger partial charge < -0.3 is 10.6 Å². The average Bonchev–Trinajstić information content (AvgIpc) is 3.09. The van der Waals surface area contributed by atoms with E-state index in [0.717, 1.165) is 27.3 Å². The van der Waals surface area contributed by atoms with Crippen molar-refractivity contribution in [2.24, 2.45) is 0 Å². The van der Waals surface area contributed by atoms with Crippen LogP contribution in [0.25, 0.3) is 0 Å². The smallest absolute Gasteiger partial charge is 0.234 e. The Hall–Kier alpha value is -2.38. The largest absolute Gasteiger partial charge is 0.330 e. The average molecular weight is 371 g/mol. The third kappa shape index (κ3) is 5.30. The lowest BCUT2D eigenvalue weighted by Gasteiger charge is -2.03. The topological polar surface area (TPSA) is 66.9 Å². The highest BCUT2D eigenvalue weighted by atomic mass is 32.2. The zero-order valence-corrected chi connectivity index (χ0v) is 15.4. The van der Waals surface area contributed by atoms with Gasteiger partial charge in [-0.25, -0.2) is 0 Å². The Morgan fingerprint density at radius 2 is 1.80 bits per heavy atom. The van der Waals surface area contributed by atoms with Crippen LogP contribution in [0.15, 0.2) is 58.9 Å². The lowest BCUT2D eigenvalue weighted by molar-refractivity contribution is -0.113. The number of benzene rings is 2. The van der Waals surface area contributed by atoms with Crippen molar-refractivity contribution in [3.63, 3.8) is 0 Å². The molecule has 0 saturated carbocycles. The molecule has 25 heavy (non-hydrogen) atoms. The number of hydrogen-bond donors (Lipinski definition) is 2. The number of carbonyl (C=O) groups excluding carboxylic acids is 1. The number of aryl methyl sites for hydroxylation is 1. The van der Waals surface area contributed by atoms with Gasteiger partial charge in [0.05, 0.1) is 5.75 Å². The van der Waals surface area contributed by atoms with Gasteiger partial charge in [0.15, 0.2) is 4.34 Å². The van der Waals surface area contributed by atoms with Gasteiger partial charge in [0.2, 0.25) is 11.0 Å². The molecule has 0 fully saturated rings. The van der Waals surface area contributed by atoms with E-state index in [1.807, 2.05) is 42.5 Å². The standard InChI is InChI=1S/C18H18N4OS2/c1-2-13-8-10-15(11-9-13)20-17-21-22-18(25-17)24-12-16(23)19-14-6-4-3-5-7-14/h3-11H,2,12H2,1H3,(H,19,23)(H,20,21). The SMILES string of the molecule is CCc1ccc(Nc2nnc(SCC(=O)Nc3ccccc3)s2)cc1. The van der Waals surface area contributed by atoms with E-state index in [4.69, 9.17) is 0 Å². The van der Waals surface area contributed by atoms with E-state index in [1.165, 1.54) is 28.7 Å². The molecule has 3 aromatic rings. The van der Waals surface area contributed by atoms with Crippen LogP contribution in [0.4, 0.5) is 16.5 Å². The summed E-state index contributed by atoms with van der Waals surface area (Å²) in [6.45, 7) is 2.13. The third-order valence-electron chi connectivity index (χ3n) is 3.40. The highest BCUT2D eigenvalue weighted by Crippen LogP contribution is 2.27. The minimum atomic E-state index is -0.0592. The molecule has 7 heteroatoms. The highest BCUT2D eigenvalue weighted by molar-refractivity contribution is 8.01. The first-order valence-electron chi connectivity index (χ1n) is 7.90. The fourth-order valence-corrected chi connectivity index (χ4v) is 3.68. The zero-order valence-electron chi connectivity index (χ0n) is 13.7. The van der Waals surface area contributed by atoms with Crippen molar-refractivity contribution in [3.8, 4) is 0 Å². The molecule has 5 nitrogen and oxygen atoms in total. The number of amides is 1. The van der Waals surface area contributed by atoms with Gasteiger partial charge >= 0.3 is 0 Å². The maximum Gasteiger partial charge on any atom is 0.234 e. The molecule has 1 amide bonds. The number of thioether (sulfide) groups is 1.